The van der Waals surface area contributed by atoms with Crippen molar-refractivity contribution in [2.24, 2.45) is 10.7 Å². The first-order valence-electron chi connectivity index (χ1n) is 6.64. The van der Waals surface area contributed by atoms with Crippen molar-refractivity contribution >= 4 is 39.5 Å². The molecule has 1 aliphatic rings. The molecular weight excluding hydrogens is 319 g/mol. The Balaban J connectivity index is 1.85. The Morgan fingerprint density at radius 2 is 1.95 bits per heavy atom. The first-order chi connectivity index (χ1) is 10.6. The monoisotopic (exact) mass is 332 g/mol. The number of primary amides is 1. The Morgan fingerprint density at radius 3 is 2.68 bits per heavy atom. The van der Waals surface area contributed by atoms with Crippen molar-refractivity contribution in [3.63, 3.8) is 0 Å². The highest BCUT2D eigenvalue weighted by atomic mass is 32.2. The predicted octanol–water partition coefficient (Wildman–Crippen LogP) is 4.02. The van der Waals surface area contributed by atoms with Crippen LogP contribution in [0.15, 0.2) is 53.5 Å². The molecule has 6 heteroatoms. The van der Waals surface area contributed by atoms with E-state index in [0.717, 1.165) is 15.8 Å². The summed E-state index contributed by atoms with van der Waals surface area (Å²) in [7, 11) is 0. The van der Waals surface area contributed by atoms with Crippen LogP contribution in [0.25, 0.3) is 0 Å². The second-order valence-electron chi connectivity index (χ2n) is 4.75. The van der Waals surface area contributed by atoms with Gasteiger partial charge in [0.25, 0.3) is 0 Å². The highest BCUT2D eigenvalue weighted by molar-refractivity contribution is 8.38. The molecular formula is C16H13FN2OS2. The van der Waals surface area contributed by atoms with Crippen molar-refractivity contribution < 1.29 is 9.18 Å². The molecule has 0 aromatic heterocycles. The number of nitrogens with two attached hydrogens (primary N) is 1. The van der Waals surface area contributed by atoms with Gasteiger partial charge >= 0.3 is 0 Å². The molecule has 3 rings (SSSR count). The van der Waals surface area contributed by atoms with E-state index in [2.05, 4.69) is 4.99 Å². The minimum atomic E-state index is -0.572. The van der Waals surface area contributed by atoms with Crippen LogP contribution < -0.4 is 5.73 Å². The second kappa shape index (κ2) is 6.54. The number of carbonyl (C=O) groups excluding carboxylic acids is 1. The van der Waals surface area contributed by atoms with E-state index in [-0.39, 0.29) is 5.82 Å². The summed E-state index contributed by atoms with van der Waals surface area (Å²) in [5.41, 5.74) is 8.28. The van der Waals surface area contributed by atoms with Crippen molar-refractivity contribution in [2.75, 3.05) is 0 Å². The Hall–Kier alpha value is -1.79. The molecule has 0 spiro atoms. The van der Waals surface area contributed by atoms with Gasteiger partial charge in [0, 0.05) is 5.75 Å². The van der Waals surface area contributed by atoms with E-state index in [0.29, 0.717) is 5.56 Å². The number of carbonyl (C=O) groups is 1. The maximum Gasteiger partial charge on any atom is 0.235 e. The van der Waals surface area contributed by atoms with Gasteiger partial charge in [-0.1, -0.05) is 53.9 Å². The molecule has 1 heterocycles. The van der Waals surface area contributed by atoms with E-state index in [1.54, 1.807) is 23.9 Å². The van der Waals surface area contributed by atoms with Crippen LogP contribution in [0.1, 0.15) is 16.4 Å². The SMILES string of the molecule is NC(=O)[C@H](SC1=Nc2ccccc2CS1)c1ccc(F)cc1. The lowest BCUT2D eigenvalue weighted by atomic mass is 10.1. The van der Waals surface area contributed by atoms with Crippen LogP contribution in [-0.4, -0.2) is 10.3 Å². The minimum absolute atomic E-state index is 0.338. The third-order valence-corrected chi connectivity index (χ3v) is 5.67. The summed E-state index contributed by atoms with van der Waals surface area (Å²) in [6, 6.07) is 13.7. The number of thioether (sulfide) groups is 2. The summed E-state index contributed by atoms with van der Waals surface area (Å²) in [6.07, 6.45) is 0. The molecule has 0 saturated carbocycles. The van der Waals surface area contributed by atoms with Crippen LogP contribution in [0.2, 0.25) is 0 Å². The van der Waals surface area contributed by atoms with Gasteiger partial charge in [-0.2, -0.15) is 0 Å². The molecule has 2 aromatic carbocycles. The largest absolute Gasteiger partial charge is 0.368 e. The fraction of sp³-hybridized carbons (Fsp3) is 0.125. The summed E-state index contributed by atoms with van der Waals surface area (Å²) in [4.78, 5) is 16.3. The average Bonchev–Trinajstić information content (AvgIpc) is 2.53. The van der Waals surface area contributed by atoms with Gasteiger partial charge in [-0.25, -0.2) is 9.38 Å². The molecule has 1 amide bonds. The minimum Gasteiger partial charge on any atom is -0.368 e. The molecule has 2 N–H and O–H groups in total. The van der Waals surface area contributed by atoms with Gasteiger partial charge in [-0.3, -0.25) is 4.79 Å². The fourth-order valence-corrected chi connectivity index (χ4v) is 4.29. The Labute approximate surface area is 136 Å². The summed E-state index contributed by atoms with van der Waals surface area (Å²) >= 11 is 2.89. The van der Waals surface area contributed by atoms with E-state index in [1.165, 1.54) is 29.5 Å². The van der Waals surface area contributed by atoms with Crippen LogP contribution in [-0.2, 0) is 10.5 Å². The van der Waals surface area contributed by atoms with Crippen molar-refractivity contribution in [1.82, 2.24) is 0 Å². The maximum atomic E-state index is 13.0. The number of amides is 1. The molecule has 112 valence electrons. The van der Waals surface area contributed by atoms with E-state index in [9.17, 15) is 9.18 Å². The quantitative estimate of drug-likeness (QED) is 0.923. The molecule has 0 unspecified atom stereocenters. The van der Waals surface area contributed by atoms with Crippen LogP contribution in [0.4, 0.5) is 10.1 Å². The molecule has 22 heavy (non-hydrogen) atoms. The lowest BCUT2D eigenvalue weighted by molar-refractivity contribution is -0.117. The highest BCUT2D eigenvalue weighted by Crippen LogP contribution is 2.40. The summed E-state index contributed by atoms with van der Waals surface area (Å²) < 4.78 is 13.8. The van der Waals surface area contributed by atoms with Gasteiger partial charge in [0.05, 0.1) is 5.69 Å². The molecule has 1 atom stereocenters. The standard InChI is InChI=1S/C16H13FN2OS2/c17-12-7-5-10(6-8-12)14(15(18)20)22-16-19-13-4-2-1-3-11(13)9-21-16/h1-8,14H,9H2,(H2,18,20)/t14-/m1/s1. The Kier molecular flexibility index (Phi) is 4.49. The lowest BCUT2D eigenvalue weighted by Gasteiger charge is -2.18. The van der Waals surface area contributed by atoms with Gasteiger partial charge in [-0.05, 0) is 29.3 Å². The first-order valence-corrected chi connectivity index (χ1v) is 8.51. The number of hydrogen-bond acceptors (Lipinski definition) is 4. The number of hydrogen-bond donors (Lipinski definition) is 1. The molecule has 0 bridgehead atoms. The van der Waals surface area contributed by atoms with E-state index >= 15 is 0 Å². The van der Waals surface area contributed by atoms with Crippen LogP contribution >= 0.6 is 23.5 Å². The van der Waals surface area contributed by atoms with Crippen molar-refractivity contribution in [2.45, 2.75) is 11.0 Å². The van der Waals surface area contributed by atoms with Crippen molar-refractivity contribution in [3.05, 3.63) is 65.5 Å². The number of benzene rings is 2. The van der Waals surface area contributed by atoms with E-state index in [4.69, 9.17) is 5.73 Å². The fourth-order valence-electron chi connectivity index (χ4n) is 2.10. The van der Waals surface area contributed by atoms with Crippen LogP contribution in [0, 0.1) is 5.82 Å². The topological polar surface area (TPSA) is 55.5 Å². The van der Waals surface area contributed by atoms with Gasteiger partial charge in [0.1, 0.15) is 15.4 Å². The normalized spacial score (nSPS) is 14.9. The van der Waals surface area contributed by atoms with Gasteiger partial charge in [-0.15, -0.1) is 0 Å². The third kappa shape index (κ3) is 3.34. The molecule has 1 aliphatic heterocycles. The summed E-state index contributed by atoms with van der Waals surface area (Å²) in [6.45, 7) is 0. The van der Waals surface area contributed by atoms with Gasteiger partial charge in [0.15, 0.2) is 0 Å². The summed E-state index contributed by atoms with van der Waals surface area (Å²) in [5.74, 6) is 0.0192. The maximum absolute atomic E-state index is 13.0. The second-order valence-corrected chi connectivity index (χ2v) is 7.06. The van der Waals surface area contributed by atoms with Crippen LogP contribution in [0.5, 0.6) is 0 Å². The number of fused-ring (bicyclic) bond motifs is 1. The number of rotatable bonds is 3. The number of para-hydroxylation sites is 1. The third-order valence-electron chi connectivity index (χ3n) is 3.20. The molecule has 0 aliphatic carbocycles. The number of aliphatic imine (C=N–C) groups is 1. The van der Waals surface area contributed by atoms with Gasteiger partial charge in [0.2, 0.25) is 5.91 Å². The zero-order valence-corrected chi connectivity index (χ0v) is 13.2. The molecule has 3 nitrogen and oxygen atoms in total. The predicted molar refractivity (Wildman–Crippen MR) is 90.8 cm³/mol. The Morgan fingerprint density at radius 1 is 1.23 bits per heavy atom. The lowest BCUT2D eigenvalue weighted by Crippen LogP contribution is -2.20. The molecule has 0 radical (unpaired) electrons. The molecule has 0 fully saturated rings. The molecule has 2 aromatic rings. The number of halogens is 1. The number of nitrogens with zero attached hydrogens (tertiary/aromatic N) is 1. The van der Waals surface area contributed by atoms with E-state index in [1.807, 2.05) is 24.3 Å². The van der Waals surface area contributed by atoms with Crippen molar-refractivity contribution in [1.29, 1.82) is 0 Å². The van der Waals surface area contributed by atoms with Crippen molar-refractivity contribution in [3.8, 4) is 0 Å². The van der Waals surface area contributed by atoms with E-state index < -0.39 is 11.2 Å². The zero-order chi connectivity index (χ0) is 15.5. The zero-order valence-electron chi connectivity index (χ0n) is 11.5. The first kappa shape index (κ1) is 15.1. The summed E-state index contributed by atoms with van der Waals surface area (Å²) in [5, 5.41) is -0.572. The smallest absolute Gasteiger partial charge is 0.235 e. The van der Waals surface area contributed by atoms with Crippen LogP contribution in [0.3, 0.4) is 0 Å². The highest BCUT2D eigenvalue weighted by Gasteiger charge is 2.23. The molecule has 0 saturated heterocycles. The Bertz CT molecular complexity index is 731. The van der Waals surface area contributed by atoms with Gasteiger partial charge < -0.3 is 5.73 Å². The average molecular weight is 332 g/mol.